The Morgan fingerprint density at radius 3 is 2.45 bits per heavy atom. The Morgan fingerprint density at radius 1 is 1.25 bits per heavy atom. The maximum Gasteiger partial charge on any atom is 0.0540 e. The third kappa shape index (κ3) is 3.70. The molecule has 0 spiro atoms. The number of halogens is 1. The van der Waals surface area contributed by atoms with Crippen LogP contribution in [0.4, 0.5) is 0 Å². The summed E-state index contributed by atoms with van der Waals surface area (Å²) in [6.45, 7) is 6.53. The molecule has 3 nitrogen and oxygen atoms in total. The van der Waals surface area contributed by atoms with Crippen molar-refractivity contribution in [3.05, 3.63) is 51.8 Å². The summed E-state index contributed by atoms with van der Waals surface area (Å²) in [4.78, 5) is 0. The van der Waals surface area contributed by atoms with Crippen molar-refractivity contribution in [1.82, 2.24) is 15.1 Å². The first-order valence-electron chi connectivity index (χ1n) is 6.96. The van der Waals surface area contributed by atoms with Gasteiger partial charge in [-0.2, -0.15) is 5.10 Å². The SMILES string of the molecule is Cc1c(C(C)NC(C)Cc2ccc(Br)cc2)cnn1C. The molecule has 2 atom stereocenters. The molecule has 1 N–H and O–H groups in total. The predicted octanol–water partition coefficient (Wildman–Crippen LogP) is 3.77. The molecule has 0 amide bonds. The van der Waals surface area contributed by atoms with Gasteiger partial charge in [0.1, 0.15) is 0 Å². The minimum atomic E-state index is 0.314. The van der Waals surface area contributed by atoms with Gasteiger partial charge in [0.2, 0.25) is 0 Å². The number of hydrogen-bond donors (Lipinski definition) is 1. The van der Waals surface area contributed by atoms with E-state index in [1.165, 1.54) is 16.8 Å². The van der Waals surface area contributed by atoms with E-state index in [1.54, 1.807) is 0 Å². The molecule has 0 saturated heterocycles. The molecule has 1 heterocycles. The average Bonchev–Trinajstić information content (AvgIpc) is 2.73. The van der Waals surface area contributed by atoms with Crippen molar-refractivity contribution in [2.45, 2.75) is 39.3 Å². The van der Waals surface area contributed by atoms with Gasteiger partial charge in [-0.1, -0.05) is 28.1 Å². The average molecular weight is 336 g/mol. The zero-order chi connectivity index (χ0) is 14.7. The van der Waals surface area contributed by atoms with Gasteiger partial charge in [-0.05, 0) is 44.9 Å². The van der Waals surface area contributed by atoms with Crippen LogP contribution in [0.5, 0.6) is 0 Å². The van der Waals surface area contributed by atoms with Gasteiger partial charge in [0.15, 0.2) is 0 Å². The lowest BCUT2D eigenvalue weighted by molar-refractivity contribution is 0.475. The van der Waals surface area contributed by atoms with Crippen LogP contribution in [-0.2, 0) is 13.5 Å². The summed E-state index contributed by atoms with van der Waals surface area (Å²) in [5, 5.41) is 7.96. The van der Waals surface area contributed by atoms with E-state index >= 15 is 0 Å². The lowest BCUT2D eigenvalue weighted by atomic mass is 10.0. The van der Waals surface area contributed by atoms with Gasteiger partial charge in [0.25, 0.3) is 0 Å². The minimum absolute atomic E-state index is 0.314. The summed E-state index contributed by atoms with van der Waals surface area (Å²) in [6.07, 6.45) is 2.98. The molecule has 2 unspecified atom stereocenters. The monoisotopic (exact) mass is 335 g/mol. The lowest BCUT2D eigenvalue weighted by Crippen LogP contribution is -2.30. The molecule has 1 aromatic heterocycles. The largest absolute Gasteiger partial charge is 0.307 e. The Balaban J connectivity index is 1.95. The Labute approximate surface area is 129 Å². The van der Waals surface area contributed by atoms with Crippen LogP contribution in [-0.4, -0.2) is 15.8 Å². The molecule has 0 radical (unpaired) electrons. The van der Waals surface area contributed by atoms with E-state index in [1.807, 2.05) is 17.9 Å². The van der Waals surface area contributed by atoms with Crippen molar-refractivity contribution in [2.75, 3.05) is 0 Å². The van der Waals surface area contributed by atoms with Gasteiger partial charge in [-0.15, -0.1) is 0 Å². The quantitative estimate of drug-likeness (QED) is 0.901. The topological polar surface area (TPSA) is 29.9 Å². The fourth-order valence-corrected chi connectivity index (χ4v) is 2.75. The number of hydrogen-bond acceptors (Lipinski definition) is 2. The molecule has 0 saturated carbocycles. The van der Waals surface area contributed by atoms with Gasteiger partial charge < -0.3 is 5.32 Å². The molecule has 2 rings (SSSR count). The zero-order valence-corrected chi connectivity index (χ0v) is 14.1. The molecule has 0 bridgehead atoms. The summed E-state index contributed by atoms with van der Waals surface area (Å²) >= 11 is 3.47. The smallest absolute Gasteiger partial charge is 0.0540 e. The highest BCUT2D eigenvalue weighted by atomic mass is 79.9. The minimum Gasteiger partial charge on any atom is -0.307 e. The molecule has 0 aliphatic carbocycles. The molecule has 108 valence electrons. The second kappa shape index (κ2) is 6.55. The van der Waals surface area contributed by atoms with Gasteiger partial charge >= 0.3 is 0 Å². The van der Waals surface area contributed by atoms with Crippen LogP contribution in [0.15, 0.2) is 34.9 Å². The van der Waals surface area contributed by atoms with Crippen molar-refractivity contribution < 1.29 is 0 Å². The first-order valence-corrected chi connectivity index (χ1v) is 7.75. The van der Waals surface area contributed by atoms with E-state index in [9.17, 15) is 0 Å². The van der Waals surface area contributed by atoms with E-state index in [0.29, 0.717) is 12.1 Å². The molecular weight excluding hydrogens is 314 g/mol. The summed E-state index contributed by atoms with van der Waals surface area (Å²) in [5.41, 5.74) is 3.85. The molecule has 20 heavy (non-hydrogen) atoms. The number of nitrogens with one attached hydrogen (secondary N) is 1. The Hall–Kier alpha value is -1.13. The van der Waals surface area contributed by atoms with Crippen molar-refractivity contribution in [3.63, 3.8) is 0 Å². The van der Waals surface area contributed by atoms with Gasteiger partial charge in [0, 0.05) is 34.9 Å². The van der Waals surface area contributed by atoms with Gasteiger partial charge in [-0.3, -0.25) is 4.68 Å². The highest BCUT2D eigenvalue weighted by Crippen LogP contribution is 2.18. The fraction of sp³-hybridized carbons (Fsp3) is 0.438. The van der Waals surface area contributed by atoms with Crippen LogP contribution in [0, 0.1) is 6.92 Å². The van der Waals surface area contributed by atoms with Crippen LogP contribution < -0.4 is 5.32 Å². The second-order valence-corrected chi connectivity index (χ2v) is 6.34. The molecule has 4 heteroatoms. The molecule has 0 aliphatic rings. The summed E-state index contributed by atoms with van der Waals surface area (Å²) in [6, 6.07) is 9.26. The third-order valence-electron chi connectivity index (χ3n) is 3.73. The van der Waals surface area contributed by atoms with Crippen LogP contribution in [0.25, 0.3) is 0 Å². The van der Waals surface area contributed by atoms with Crippen molar-refractivity contribution in [1.29, 1.82) is 0 Å². The standard InChI is InChI=1S/C16H22BrN3/c1-11(9-14-5-7-15(17)8-6-14)19-12(2)16-10-18-20(4)13(16)3/h5-8,10-12,19H,9H2,1-4H3. The molecule has 0 aliphatic heterocycles. The van der Waals surface area contributed by atoms with Crippen LogP contribution in [0.2, 0.25) is 0 Å². The van der Waals surface area contributed by atoms with Crippen LogP contribution in [0.3, 0.4) is 0 Å². The molecular formula is C16H22BrN3. The highest BCUT2D eigenvalue weighted by Gasteiger charge is 2.14. The maximum atomic E-state index is 4.31. The van der Waals surface area contributed by atoms with Crippen molar-refractivity contribution in [2.24, 2.45) is 7.05 Å². The number of benzene rings is 1. The molecule has 2 aromatic rings. The van der Waals surface area contributed by atoms with Gasteiger partial charge in [-0.25, -0.2) is 0 Å². The normalized spacial score (nSPS) is 14.2. The lowest BCUT2D eigenvalue weighted by Gasteiger charge is -2.20. The van der Waals surface area contributed by atoms with Crippen LogP contribution in [0.1, 0.15) is 36.7 Å². The van der Waals surface area contributed by atoms with Crippen LogP contribution >= 0.6 is 15.9 Å². The summed E-state index contributed by atoms with van der Waals surface area (Å²) in [5.74, 6) is 0. The summed E-state index contributed by atoms with van der Waals surface area (Å²) < 4.78 is 3.05. The third-order valence-corrected chi connectivity index (χ3v) is 4.26. The number of rotatable bonds is 5. The molecule has 1 aromatic carbocycles. The summed E-state index contributed by atoms with van der Waals surface area (Å²) in [7, 11) is 1.98. The van der Waals surface area contributed by atoms with Crippen molar-refractivity contribution in [3.8, 4) is 0 Å². The first-order chi connectivity index (χ1) is 9.47. The molecule has 0 fully saturated rings. The predicted molar refractivity (Wildman–Crippen MR) is 86.8 cm³/mol. The number of nitrogens with zero attached hydrogens (tertiary/aromatic N) is 2. The number of aromatic nitrogens is 2. The maximum absolute atomic E-state index is 4.31. The Bertz CT molecular complexity index is 560. The van der Waals surface area contributed by atoms with E-state index in [2.05, 4.69) is 71.4 Å². The van der Waals surface area contributed by atoms with Gasteiger partial charge in [0.05, 0.1) is 6.20 Å². The number of aryl methyl sites for hydroxylation is 1. The van der Waals surface area contributed by atoms with E-state index in [-0.39, 0.29) is 0 Å². The Kier molecular flexibility index (Phi) is 5.00. The zero-order valence-electron chi connectivity index (χ0n) is 12.5. The van der Waals surface area contributed by atoms with E-state index < -0.39 is 0 Å². The van der Waals surface area contributed by atoms with Crippen molar-refractivity contribution >= 4 is 15.9 Å². The first kappa shape index (κ1) is 15.3. The Morgan fingerprint density at radius 2 is 1.90 bits per heavy atom. The fourth-order valence-electron chi connectivity index (χ4n) is 2.49. The van der Waals surface area contributed by atoms with E-state index in [0.717, 1.165) is 10.9 Å². The highest BCUT2D eigenvalue weighted by molar-refractivity contribution is 9.10. The van der Waals surface area contributed by atoms with E-state index in [4.69, 9.17) is 0 Å². The second-order valence-electron chi connectivity index (χ2n) is 5.43.